The smallest absolute Gasteiger partial charge is 0.220 e. The first-order chi connectivity index (χ1) is 21.0. The summed E-state index contributed by atoms with van der Waals surface area (Å²) in [6, 6.07) is 33.3. The van der Waals surface area contributed by atoms with E-state index in [-0.39, 0.29) is 17.1 Å². The number of hydrogen-bond acceptors (Lipinski definition) is 5. The van der Waals surface area contributed by atoms with Crippen LogP contribution in [0.2, 0.25) is 0 Å². The number of phenols is 1. The lowest BCUT2D eigenvalue weighted by atomic mass is 9.78. The van der Waals surface area contributed by atoms with E-state index in [0.717, 1.165) is 33.8 Å². The topological polar surface area (TPSA) is 77.0 Å². The van der Waals surface area contributed by atoms with Crippen molar-refractivity contribution in [3.63, 3.8) is 0 Å². The largest absolute Gasteiger partial charge is 0.508 e. The van der Waals surface area contributed by atoms with Crippen molar-refractivity contribution in [2.24, 2.45) is 5.41 Å². The molecule has 0 aliphatic carbocycles. The van der Waals surface area contributed by atoms with Gasteiger partial charge in [-0.25, -0.2) is 0 Å². The lowest BCUT2D eigenvalue weighted by Crippen LogP contribution is -2.47. The minimum absolute atomic E-state index is 0.00473. The van der Waals surface area contributed by atoms with E-state index >= 15 is 0 Å². The Hall–Kier alpha value is -4.29. The molecule has 0 atom stereocenters. The van der Waals surface area contributed by atoms with E-state index in [1.54, 1.807) is 26.4 Å². The van der Waals surface area contributed by atoms with Crippen LogP contribution >= 0.6 is 0 Å². The first kappa shape index (κ1) is 32.6. The highest BCUT2D eigenvalue weighted by molar-refractivity contribution is 5.77. The predicted molar refractivity (Wildman–Crippen MR) is 175 cm³/mol. The van der Waals surface area contributed by atoms with Crippen molar-refractivity contribution in [1.29, 1.82) is 0 Å². The Morgan fingerprint density at radius 1 is 0.705 bits per heavy atom. The van der Waals surface area contributed by atoms with Gasteiger partial charge in [0.25, 0.3) is 0 Å². The summed E-state index contributed by atoms with van der Waals surface area (Å²) in [7, 11) is 3.33. The third-order valence-electron chi connectivity index (χ3n) is 7.83. The van der Waals surface area contributed by atoms with Crippen LogP contribution in [-0.4, -0.2) is 37.4 Å². The van der Waals surface area contributed by atoms with Crippen LogP contribution in [-0.2, 0) is 21.6 Å². The molecule has 4 rings (SSSR count). The van der Waals surface area contributed by atoms with Crippen LogP contribution in [0, 0.1) is 5.41 Å². The maximum absolute atomic E-state index is 12.9. The van der Waals surface area contributed by atoms with E-state index in [0.29, 0.717) is 25.9 Å². The summed E-state index contributed by atoms with van der Waals surface area (Å²) >= 11 is 0. The Balaban J connectivity index is 1.59. The van der Waals surface area contributed by atoms with Crippen LogP contribution in [0.4, 0.5) is 0 Å². The highest BCUT2D eigenvalue weighted by Gasteiger charge is 2.40. The quantitative estimate of drug-likeness (QED) is 0.146. The van der Waals surface area contributed by atoms with Gasteiger partial charge in [-0.3, -0.25) is 4.79 Å². The molecule has 6 heteroatoms. The van der Waals surface area contributed by atoms with Gasteiger partial charge in [-0.1, -0.05) is 80.6 Å². The number of ether oxygens (including phenoxy) is 3. The van der Waals surface area contributed by atoms with Crippen molar-refractivity contribution in [3.05, 3.63) is 125 Å². The average molecular weight is 596 g/mol. The van der Waals surface area contributed by atoms with Crippen LogP contribution in [0.15, 0.2) is 103 Å². The van der Waals surface area contributed by atoms with Gasteiger partial charge in [-0.05, 0) is 90.8 Å². The molecule has 0 radical (unpaired) electrons. The van der Waals surface area contributed by atoms with Gasteiger partial charge < -0.3 is 24.6 Å². The Morgan fingerprint density at radius 3 is 1.70 bits per heavy atom. The van der Waals surface area contributed by atoms with Crippen molar-refractivity contribution < 1.29 is 24.1 Å². The number of aromatic hydroxyl groups is 1. The number of carbonyl (C=O) groups excluding carboxylic acids is 1. The van der Waals surface area contributed by atoms with E-state index in [9.17, 15) is 9.90 Å². The molecule has 4 aromatic rings. The number of methoxy groups -OCH3 is 2. The molecule has 2 N–H and O–H groups in total. The second kappa shape index (κ2) is 14.0. The van der Waals surface area contributed by atoms with Crippen LogP contribution in [0.5, 0.6) is 17.2 Å². The minimum Gasteiger partial charge on any atom is -0.508 e. The molecule has 6 nitrogen and oxygen atoms in total. The number of hydrogen-bond donors (Lipinski definition) is 2. The normalized spacial score (nSPS) is 12.0. The first-order valence-corrected chi connectivity index (χ1v) is 15.0. The fourth-order valence-electron chi connectivity index (χ4n) is 6.03. The molecule has 44 heavy (non-hydrogen) atoms. The Morgan fingerprint density at radius 2 is 1.20 bits per heavy atom. The molecule has 0 bridgehead atoms. The Kier molecular flexibility index (Phi) is 10.4. The first-order valence-electron chi connectivity index (χ1n) is 15.0. The average Bonchev–Trinajstić information content (AvgIpc) is 3.01. The summed E-state index contributed by atoms with van der Waals surface area (Å²) in [4.78, 5) is 12.9. The molecule has 0 saturated heterocycles. The molecule has 0 fully saturated rings. The zero-order valence-corrected chi connectivity index (χ0v) is 26.7. The standard InChI is InChI=1S/C38H45NO5/c1-36(2,26-37(3,4)39-35(41)25-14-28-12-19-32(40)20-13-28)27-44-38(29-10-8-7-9-11-29,30-15-21-33(42-5)22-16-30)31-17-23-34(43-6)24-18-31/h7-13,15-24,40H,14,25-27H2,1-6H3,(H,39,41). The van der Waals surface area contributed by atoms with E-state index < -0.39 is 11.1 Å². The van der Waals surface area contributed by atoms with Gasteiger partial charge >= 0.3 is 0 Å². The van der Waals surface area contributed by atoms with Crippen molar-refractivity contribution >= 4 is 5.91 Å². The molecule has 0 unspecified atom stereocenters. The molecule has 232 valence electrons. The van der Waals surface area contributed by atoms with Gasteiger partial charge in [0.15, 0.2) is 0 Å². The van der Waals surface area contributed by atoms with Crippen molar-refractivity contribution in [3.8, 4) is 17.2 Å². The SMILES string of the molecule is COc1ccc(C(OCC(C)(C)CC(C)(C)NC(=O)CCc2ccc(O)cc2)(c2ccccc2)c2ccc(OC)cc2)cc1. The summed E-state index contributed by atoms with van der Waals surface area (Å²) in [6.45, 7) is 8.90. The van der Waals surface area contributed by atoms with E-state index in [4.69, 9.17) is 14.2 Å². The summed E-state index contributed by atoms with van der Waals surface area (Å²) in [5.41, 5.74) is 2.31. The Labute approximate surface area is 262 Å². The predicted octanol–water partition coefficient (Wildman–Crippen LogP) is 7.66. The third-order valence-corrected chi connectivity index (χ3v) is 7.83. The van der Waals surface area contributed by atoms with Crippen LogP contribution in [0.25, 0.3) is 0 Å². The molecule has 0 aromatic heterocycles. The van der Waals surface area contributed by atoms with Crippen molar-refractivity contribution in [2.75, 3.05) is 20.8 Å². The fourth-order valence-corrected chi connectivity index (χ4v) is 6.03. The molecular formula is C38H45NO5. The van der Waals surface area contributed by atoms with Crippen LogP contribution < -0.4 is 14.8 Å². The number of amides is 1. The van der Waals surface area contributed by atoms with E-state index in [1.807, 2.05) is 54.6 Å². The maximum atomic E-state index is 12.9. The zero-order chi connectivity index (χ0) is 31.8. The lowest BCUT2D eigenvalue weighted by Gasteiger charge is -2.41. The zero-order valence-electron chi connectivity index (χ0n) is 26.7. The maximum Gasteiger partial charge on any atom is 0.220 e. The fraction of sp³-hybridized carbons (Fsp3) is 0.342. The minimum atomic E-state index is -0.908. The molecule has 0 aliphatic rings. The Bertz CT molecular complexity index is 1430. The lowest BCUT2D eigenvalue weighted by molar-refractivity contribution is -0.123. The summed E-state index contributed by atoms with van der Waals surface area (Å²) in [6.07, 6.45) is 1.68. The molecule has 1 amide bonds. The molecule has 0 heterocycles. The molecule has 0 spiro atoms. The number of benzene rings is 4. The highest BCUT2D eigenvalue weighted by Crippen LogP contribution is 2.43. The summed E-state index contributed by atoms with van der Waals surface area (Å²) in [5, 5.41) is 12.8. The number of nitrogens with one attached hydrogen (secondary N) is 1. The second-order valence-corrected chi connectivity index (χ2v) is 12.7. The summed E-state index contributed by atoms with van der Waals surface area (Å²) in [5.74, 6) is 1.76. The molecule has 0 saturated carbocycles. The van der Waals surface area contributed by atoms with Gasteiger partial charge in [-0.2, -0.15) is 0 Å². The number of rotatable bonds is 14. The number of carbonyl (C=O) groups is 1. The monoisotopic (exact) mass is 595 g/mol. The second-order valence-electron chi connectivity index (χ2n) is 12.7. The van der Waals surface area contributed by atoms with Gasteiger partial charge in [0.2, 0.25) is 5.91 Å². The van der Waals surface area contributed by atoms with Gasteiger partial charge in [-0.15, -0.1) is 0 Å². The van der Waals surface area contributed by atoms with Gasteiger partial charge in [0, 0.05) is 12.0 Å². The van der Waals surface area contributed by atoms with Crippen LogP contribution in [0.3, 0.4) is 0 Å². The third kappa shape index (κ3) is 8.20. The van der Waals surface area contributed by atoms with Crippen molar-refractivity contribution in [1.82, 2.24) is 5.32 Å². The van der Waals surface area contributed by atoms with E-state index in [1.165, 1.54) is 0 Å². The van der Waals surface area contributed by atoms with Gasteiger partial charge in [0.05, 0.1) is 20.8 Å². The molecule has 0 aliphatic heterocycles. The summed E-state index contributed by atoms with van der Waals surface area (Å²) < 4.78 is 18.1. The van der Waals surface area contributed by atoms with Crippen molar-refractivity contribution in [2.45, 2.75) is 58.1 Å². The van der Waals surface area contributed by atoms with E-state index in [2.05, 4.69) is 69.4 Å². The molecule has 4 aromatic carbocycles. The number of aryl methyl sites for hydroxylation is 1. The van der Waals surface area contributed by atoms with Gasteiger partial charge in [0.1, 0.15) is 22.8 Å². The highest BCUT2D eigenvalue weighted by atomic mass is 16.5. The van der Waals surface area contributed by atoms with Crippen LogP contribution in [0.1, 0.15) is 62.8 Å². The molecular weight excluding hydrogens is 550 g/mol. The number of phenolic OH excluding ortho intramolecular Hbond substituents is 1.